The number of nitrogens with zero attached hydrogens (tertiary/aromatic N) is 5. The third-order valence-electron chi connectivity index (χ3n) is 8.74. The van der Waals surface area contributed by atoms with Crippen LogP contribution in [-0.4, -0.2) is 28.8 Å². The number of hydrazine groups is 2. The Hall–Kier alpha value is -4.93. The number of aliphatic imine (C=N–C) groups is 1. The molecule has 44 heavy (non-hydrogen) atoms. The van der Waals surface area contributed by atoms with Crippen molar-refractivity contribution in [3.05, 3.63) is 76.5 Å². The molecule has 0 radical (unpaired) electrons. The Kier molecular flexibility index (Phi) is 7.27. The van der Waals surface area contributed by atoms with Crippen LogP contribution in [0.25, 0.3) is 17.0 Å². The van der Waals surface area contributed by atoms with Gasteiger partial charge in [-0.1, -0.05) is 39.0 Å². The number of anilines is 2. The Labute approximate surface area is 257 Å². The second-order valence-corrected chi connectivity index (χ2v) is 13.1. The van der Waals surface area contributed by atoms with Crippen LogP contribution in [0.15, 0.2) is 53.4 Å². The minimum Gasteiger partial charge on any atom is -0.383 e. The lowest BCUT2D eigenvalue weighted by atomic mass is 9.49. The summed E-state index contributed by atoms with van der Waals surface area (Å²) in [6.07, 6.45) is 10.7. The van der Waals surface area contributed by atoms with E-state index in [1.54, 1.807) is 12.1 Å². The van der Waals surface area contributed by atoms with Gasteiger partial charge >= 0.3 is 0 Å². The average Bonchev–Trinajstić information content (AvgIpc) is 3.42. The quantitative estimate of drug-likeness (QED) is 0.201. The maximum Gasteiger partial charge on any atom is 0.149 e. The molecule has 2 heterocycles. The van der Waals surface area contributed by atoms with Gasteiger partial charge in [0, 0.05) is 35.6 Å². The van der Waals surface area contributed by atoms with Crippen LogP contribution < -0.4 is 21.6 Å². The lowest BCUT2D eigenvalue weighted by Gasteiger charge is -2.64. The third kappa shape index (κ3) is 5.01. The second kappa shape index (κ2) is 11.0. The lowest BCUT2D eigenvalue weighted by Crippen LogP contribution is -2.69. The standard InChI is InChI=1S/C34H36FN9/c1-6-7-24-25(8-9-27(35)31(24)38-5)32(28-18-44(43-42-28)34-12-20(13-34)14-34)41-23-10-21(15-36)29-26(11-23)30(22(16-37)17-39-29)40-19-33(2,3)4/h6-11,17-18,20,32,41-43H,5,12-14,19H2,1-4H3,(H,39,40)/b7-6-/t20?,32-,34?/m0/s1. The van der Waals surface area contributed by atoms with E-state index in [4.69, 9.17) is 0 Å². The normalized spacial score (nSPS) is 21.0. The molecule has 0 spiro atoms. The van der Waals surface area contributed by atoms with E-state index in [2.05, 4.69) is 82.4 Å². The van der Waals surface area contributed by atoms with E-state index in [0.29, 0.717) is 45.5 Å². The van der Waals surface area contributed by atoms with Crippen LogP contribution in [0.4, 0.5) is 21.5 Å². The van der Waals surface area contributed by atoms with Crippen LogP contribution in [0, 0.1) is 39.8 Å². The second-order valence-electron chi connectivity index (χ2n) is 13.1. The number of fused-ring (bicyclic) bond motifs is 1. The van der Waals surface area contributed by atoms with Gasteiger partial charge in [0.2, 0.25) is 0 Å². The summed E-state index contributed by atoms with van der Waals surface area (Å²) in [5.41, 5.74) is 11.7. The predicted molar refractivity (Wildman–Crippen MR) is 172 cm³/mol. The van der Waals surface area contributed by atoms with Crippen molar-refractivity contribution in [1.82, 2.24) is 21.0 Å². The van der Waals surface area contributed by atoms with Gasteiger partial charge in [-0.2, -0.15) is 10.5 Å². The van der Waals surface area contributed by atoms with Gasteiger partial charge in [-0.05, 0) is 68.0 Å². The maximum absolute atomic E-state index is 14.9. The van der Waals surface area contributed by atoms with E-state index >= 15 is 0 Å². The van der Waals surface area contributed by atoms with Gasteiger partial charge in [-0.3, -0.25) is 15.0 Å². The maximum atomic E-state index is 14.9. The van der Waals surface area contributed by atoms with E-state index in [-0.39, 0.29) is 16.6 Å². The highest BCUT2D eigenvalue weighted by Gasteiger charge is 2.60. The van der Waals surface area contributed by atoms with Gasteiger partial charge in [0.05, 0.1) is 39.6 Å². The summed E-state index contributed by atoms with van der Waals surface area (Å²) < 4.78 is 14.9. The number of hydrogen-bond acceptors (Lipinski definition) is 9. The summed E-state index contributed by atoms with van der Waals surface area (Å²) in [5, 5.41) is 30.0. The molecule has 0 unspecified atom stereocenters. The van der Waals surface area contributed by atoms with Crippen LogP contribution in [0.2, 0.25) is 0 Å². The Morgan fingerprint density at radius 3 is 2.59 bits per heavy atom. The molecular weight excluding hydrogens is 553 g/mol. The lowest BCUT2D eigenvalue weighted by molar-refractivity contribution is -0.141. The molecular formula is C34H36FN9. The molecule has 0 amide bonds. The molecule has 7 rings (SSSR count). The molecule has 2 bridgehead atoms. The van der Waals surface area contributed by atoms with Gasteiger partial charge in [-0.25, -0.2) is 4.39 Å². The largest absolute Gasteiger partial charge is 0.383 e. The van der Waals surface area contributed by atoms with Gasteiger partial charge in [0.15, 0.2) is 0 Å². The Morgan fingerprint density at radius 2 is 1.98 bits per heavy atom. The molecule has 224 valence electrons. The summed E-state index contributed by atoms with van der Waals surface area (Å²) in [5.74, 6) is 0.345. The van der Waals surface area contributed by atoms with E-state index in [9.17, 15) is 14.9 Å². The van der Waals surface area contributed by atoms with Gasteiger partial charge in [0.25, 0.3) is 0 Å². The van der Waals surface area contributed by atoms with Crippen LogP contribution >= 0.6 is 0 Å². The number of nitrogens with one attached hydrogen (secondary N) is 4. The molecule has 4 aliphatic rings. The summed E-state index contributed by atoms with van der Waals surface area (Å²) in [6.45, 7) is 12.4. The van der Waals surface area contributed by atoms with Crippen molar-refractivity contribution < 1.29 is 4.39 Å². The van der Waals surface area contributed by atoms with Crippen molar-refractivity contribution in [2.75, 3.05) is 17.2 Å². The monoisotopic (exact) mass is 589 g/mol. The molecule has 10 heteroatoms. The Bertz CT molecular complexity index is 1790. The molecule has 0 saturated heterocycles. The number of halogens is 1. The highest BCUT2D eigenvalue weighted by Crippen LogP contribution is 2.60. The number of benzene rings is 2. The zero-order chi connectivity index (χ0) is 31.2. The Morgan fingerprint density at radius 1 is 1.23 bits per heavy atom. The molecule has 2 aromatic carbocycles. The van der Waals surface area contributed by atoms with Crippen molar-refractivity contribution in [3.63, 3.8) is 0 Å². The van der Waals surface area contributed by atoms with Gasteiger partial charge in [0.1, 0.15) is 23.6 Å². The van der Waals surface area contributed by atoms with Crippen LogP contribution in [0.5, 0.6) is 0 Å². The van der Waals surface area contributed by atoms with Gasteiger partial charge < -0.3 is 16.1 Å². The van der Waals surface area contributed by atoms with Crippen molar-refractivity contribution in [3.8, 4) is 12.1 Å². The number of nitriles is 2. The smallest absolute Gasteiger partial charge is 0.149 e. The molecule has 9 nitrogen and oxygen atoms in total. The van der Waals surface area contributed by atoms with E-state index < -0.39 is 11.9 Å². The minimum atomic E-state index is -0.491. The number of hydrogen-bond donors (Lipinski definition) is 4. The first-order valence-electron chi connectivity index (χ1n) is 14.8. The zero-order valence-corrected chi connectivity index (χ0v) is 25.4. The summed E-state index contributed by atoms with van der Waals surface area (Å²) in [4.78, 5) is 8.52. The fourth-order valence-corrected chi connectivity index (χ4v) is 6.40. The first kappa shape index (κ1) is 29.2. The molecule has 3 aliphatic carbocycles. The van der Waals surface area contributed by atoms with Crippen molar-refractivity contribution in [2.45, 2.75) is 58.5 Å². The highest BCUT2D eigenvalue weighted by atomic mass is 19.1. The number of rotatable bonds is 9. The molecule has 1 aliphatic heterocycles. The molecule has 4 N–H and O–H groups in total. The van der Waals surface area contributed by atoms with Crippen molar-refractivity contribution >= 4 is 40.8 Å². The van der Waals surface area contributed by atoms with Crippen LogP contribution in [0.1, 0.15) is 75.3 Å². The van der Waals surface area contributed by atoms with E-state index in [0.717, 1.165) is 36.4 Å². The molecule has 1 atom stereocenters. The van der Waals surface area contributed by atoms with E-state index in [1.165, 1.54) is 12.3 Å². The molecule has 3 saturated carbocycles. The molecule has 3 aromatic rings. The van der Waals surface area contributed by atoms with Gasteiger partial charge in [-0.15, -0.1) is 5.53 Å². The van der Waals surface area contributed by atoms with Crippen LogP contribution in [0.3, 0.4) is 0 Å². The number of aromatic nitrogens is 1. The molecule has 3 fully saturated rings. The summed E-state index contributed by atoms with van der Waals surface area (Å²) >= 11 is 0. The zero-order valence-electron chi connectivity index (χ0n) is 25.4. The fourth-order valence-electron chi connectivity index (χ4n) is 6.40. The Balaban J connectivity index is 1.49. The SMILES string of the molecule is C=Nc1c(F)ccc([C@H](Nc2cc(C#N)c3ncc(C#N)c(NCC(C)(C)C)c3c2)C2=CN(C34CC(C3)C4)NN2)c1/C=C\C. The summed E-state index contributed by atoms with van der Waals surface area (Å²) in [6, 6.07) is 10.9. The topological polar surface area (TPSA) is 124 Å². The molecule has 1 aromatic heterocycles. The first-order chi connectivity index (χ1) is 21.1. The summed E-state index contributed by atoms with van der Waals surface area (Å²) in [7, 11) is 0. The predicted octanol–water partition coefficient (Wildman–Crippen LogP) is 6.81. The highest BCUT2D eigenvalue weighted by molar-refractivity contribution is 5.99. The average molecular weight is 590 g/mol. The van der Waals surface area contributed by atoms with Crippen molar-refractivity contribution in [1.29, 1.82) is 10.5 Å². The first-order valence-corrected chi connectivity index (χ1v) is 14.8. The van der Waals surface area contributed by atoms with E-state index in [1.807, 2.05) is 25.1 Å². The van der Waals surface area contributed by atoms with Crippen molar-refractivity contribution in [2.24, 2.45) is 16.3 Å². The minimum absolute atomic E-state index is 0.0517. The fraction of sp³-hybridized carbons (Fsp3) is 0.353. The number of allylic oxidation sites excluding steroid dienone is 1. The third-order valence-corrected chi connectivity index (χ3v) is 8.74. The van der Waals surface area contributed by atoms with Crippen LogP contribution in [-0.2, 0) is 0 Å². The number of pyridine rings is 1.